The van der Waals surface area contributed by atoms with Crippen molar-refractivity contribution in [3.63, 3.8) is 0 Å². The molecular formula is C19H24O3. The Balaban J connectivity index is 4.36. The highest BCUT2D eigenvalue weighted by molar-refractivity contribution is 5.66. The maximum absolute atomic E-state index is 11.0. The highest BCUT2D eigenvalue weighted by Crippen LogP contribution is 2.05. The van der Waals surface area contributed by atoms with Crippen LogP contribution in [0.2, 0.25) is 0 Å². The second kappa shape index (κ2) is 13.7. The Labute approximate surface area is 133 Å². The minimum Gasteiger partial charge on any atom is -0.445 e. The van der Waals surface area contributed by atoms with Crippen LogP contribution >= 0.6 is 0 Å². The molecule has 0 rings (SSSR count). The zero-order chi connectivity index (χ0) is 16.6. The Morgan fingerprint density at radius 2 is 1.86 bits per heavy atom. The molecule has 0 amide bonds. The predicted octanol–water partition coefficient (Wildman–Crippen LogP) is 3.16. The molecule has 0 aliphatic rings. The van der Waals surface area contributed by atoms with Crippen molar-refractivity contribution in [1.29, 1.82) is 0 Å². The van der Waals surface area contributed by atoms with Crippen LogP contribution in [0.3, 0.4) is 0 Å². The van der Waals surface area contributed by atoms with Gasteiger partial charge in [-0.1, -0.05) is 37.1 Å². The summed E-state index contributed by atoms with van der Waals surface area (Å²) in [5.41, 5.74) is 0. The van der Waals surface area contributed by atoms with Gasteiger partial charge in [0.05, 0.1) is 0 Å². The van der Waals surface area contributed by atoms with E-state index >= 15 is 0 Å². The van der Waals surface area contributed by atoms with Gasteiger partial charge in [-0.3, -0.25) is 4.79 Å². The normalized spacial score (nSPS) is 12.3. The minimum absolute atomic E-state index is 0.394. The molecule has 0 aliphatic carbocycles. The van der Waals surface area contributed by atoms with Gasteiger partial charge in [-0.2, -0.15) is 0 Å². The molecule has 0 saturated heterocycles. The Morgan fingerprint density at radius 3 is 2.50 bits per heavy atom. The first kappa shape index (κ1) is 19.8. The van der Waals surface area contributed by atoms with Gasteiger partial charge in [0.15, 0.2) is 6.10 Å². The van der Waals surface area contributed by atoms with Gasteiger partial charge in [0.1, 0.15) is 6.10 Å². The lowest BCUT2D eigenvalue weighted by Gasteiger charge is -2.05. The average molecular weight is 300 g/mol. The van der Waals surface area contributed by atoms with Crippen molar-refractivity contribution in [3.05, 3.63) is 37.5 Å². The molecule has 0 spiro atoms. The largest absolute Gasteiger partial charge is 0.445 e. The fourth-order valence-electron chi connectivity index (χ4n) is 1.52. The zero-order valence-electron chi connectivity index (χ0n) is 13.2. The van der Waals surface area contributed by atoms with Gasteiger partial charge in [0.2, 0.25) is 0 Å². The van der Waals surface area contributed by atoms with Gasteiger partial charge in [0, 0.05) is 6.92 Å². The molecule has 22 heavy (non-hydrogen) atoms. The molecule has 0 aromatic carbocycles. The third kappa shape index (κ3) is 12.8. The van der Waals surface area contributed by atoms with Gasteiger partial charge < -0.3 is 9.84 Å². The first-order valence-electron chi connectivity index (χ1n) is 7.36. The summed E-state index contributed by atoms with van der Waals surface area (Å²) in [7, 11) is 0. The zero-order valence-corrected chi connectivity index (χ0v) is 13.2. The van der Waals surface area contributed by atoms with Crippen LogP contribution in [0.1, 0.15) is 39.0 Å². The highest BCUT2D eigenvalue weighted by atomic mass is 16.5. The van der Waals surface area contributed by atoms with Crippen LogP contribution in [0.4, 0.5) is 0 Å². The molecule has 2 atom stereocenters. The van der Waals surface area contributed by atoms with Crippen LogP contribution in [-0.4, -0.2) is 23.3 Å². The summed E-state index contributed by atoms with van der Waals surface area (Å²) in [4.78, 5) is 11.0. The van der Waals surface area contributed by atoms with Crippen LogP contribution in [-0.2, 0) is 9.53 Å². The van der Waals surface area contributed by atoms with Crippen molar-refractivity contribution in [2.24, 2.45) is 0 Å². The molecule has 118 valence electrons. The molecule has 0 bridgehead atoms. The Kier molecular flexibility index (Phi) is 12.3. The van der Waals surface area contributed by atoms with Crippen molar-refractivity contribution in [3.8, 4) is 23.7 Å². The Bertz CT molecular complexity index is 494. The number of allylic oxidation sites excluding steroid dienone is 2. The summed E-state index contributed by atoms with van der Waals surface area (Å²) in [6.07, 6.45) is 10.8. The molecule has 3 nitrogen and oxygen atoms in total. The van der Waals surface area contributed by atoms with Gasteiger partial charge in [-0.25, -0.2) is 0 Å². The van der Waals surface area contributed by atoms with Crippen LogP contribution in [0.15, 0.2) is 37.5 Å². The first-order chi connectivity index (χ1) is 10.6. The van der Waals surface area contributed by atoms with E-state index in [0.29, 0.717) is 0 Å². The van der Waals surface area contributed by atoms with Gasteiger partial charge in [-0.05, 0) is 49.5 Å². The number of unbranched alkanes of at least 4 members (excludes halogenated alkanes) is 4. The lowest BCUT2D eigenvalue weighted by molar-refractivity contribution is -0.142. The summed E-state index contributed by atoms with van der Waals surface area (Å²) >= 11 is 0. The van der Waals surface area contributed by atoms with E-state index < -0.39 is 18.2 Å². The molecule has 0 radical (unpaired) electrons. The molecule has 0 unspecified atom stereocenters. The highest BCUT2D eigenvalue weighted by Gasteiger charge is 2.02. The Hall–Kier alpha value is -2.23. The summed E-state index contributed by atoms with van der Waals surface area (Å²) in [5.74, 6) is 9.88. The fourth-order valence-corrected chi connectivity index (χ4v) is 1.52. The van der Waals surface area contributed by atoms with E-state index in [1.54, 1.807) is 6.08 Å². The molecule has 0 aromatic heterocycles. The fraction of sp³-hybridized carbons (Fsp3) is 0.421. The van der Waals surface area contributed by atoms with Crippen LogP contribution in [0.5, 0.6) is 0 Å². The van der Waals surface area contributed by atoms with Crippen molar-refractivity contribution < 1.29 is 14.6 Å². The number of esters is 1. The van der Waals surface area contributed by atoms with E-state index in [9.17, 15) is 4.79 Å². The van der Waals surface area contributed by atoms with Gasteiger partial charge in [0.25, 0.3) is 0 Å². The van der Waals surface area contributed by atoms with E-state index in [1.165, 1.54) is 13.0 Å². The monoisotopic (exact) mass is 300 g/mol. The Morgan fingerprint density at radius 1 is 1.18 bits per heavy atom. The molecule has 0 aromatic rings. The number of carbonyl (C=O) groups is 1. The smallest absolute Gasteiger partial charge is 0.304 e. The number of carbonyl (C=O) groups excluding carboxylic acids is 1. The van der Waals surface area contributed by atoms with Gasteiger partial charge in [-0.15, -0.1) is 6.58 Å². The van der Waals surface area contributed by atoms with Crippen molar-refractivity contribution in [2.45, 2.75) is 51.2 Å². The average Bonchev–Trinajstić information content (AvgIpc) is 2.49. The first-order valence-corrected chi connectivity index (χ1v) is 7.36. The number of rotatable bonds is 9. The molecule has 0 saturated carbocycles. The molecular weight excluding hydrogens is 276 g/mol. The second-order valence-corrected chi connectivity index (χ2v) is 4.60. The summed E-state index contributed by atoms with van der Waals surface area (Å²) in [6, 6.07) is 0. The summed E-state index contributed by atoms with van der Waals surface area (Å²) in [6.45, 7) is 8.43. The number of aliphatic hydroxyl groups excluding tert-OH is 1. The van der Waals surface area contributed by atoms with E-state index in [2.05, 4.69) is 36.8 Å². The predicted molar refractivity (Wildman–Crippen MR) is 89.7 cm³/mol. The quantitative estimate of drug-likeness (QED) is 0.308. The lowest BCUT2D eigenvalue weighted by Crippen LogP contribution is -2.11. The molecule has 0 aliphatic heterocycles. The second-order valence-electron chi connectivity index (χ2n) is 4.60. The van der Waals surface area contributed by atoms with Crippen molar-refractivity contribution in [2.75, 3.05) is 0 Å². The molecule has 1 N–H and O–H groups in total. The van der Waals surface area contributed by atoms with Crippen molar-refractivity contribution in [1.82, 2.24) is 0 Å². The van der Waals surface area contributed by atoms with E-state index in [4.69, 9.17) is 9.84 Å². The molecule has 0 fully saturated rings. The van der Waals surface area contributed by atoms with E-state index in [0.717, 1.165) is 32.1 Å². The summed E-state index contributed by atoms with van der Waals surface area (Å²) < 4.78 is 5.07. The number of aliphatic hydroxyl groups is 1. The van der Waals surface area contributed by atoms with Crippen LogP contribution in [0, 0.1) is 23.7 Å². The third-order valence-electron chi connectivity index (χ3n) is 2.60. The van der Waals surface area contributed by atoms with E-state index in [1.807, 2.05) is 12.2 Å². The third-order valence-corrected chi connectivity index (χ3v) is 2.60. The topological polar surface area (TPSA) is 46.5 Å². The standard InChI is InChI=1S/C19H24O3/c1-4-6-7-8-9-10-11-15-19(22-17(3)20)16-13-12-14-18(21)5-2/h4-5,11,15,18-19,21H,1-2,6-10H2,3H3/b15-11-/t18-,19-/m0/s1. The van der Waals surface area contributed by atoms with Crippen LogP contribution in [0.25, 0.3) is 0 Å². The van der Waals surface area contributed by atoms with Crippen LogP contribution < -0.4 is 0 Å². The van der Waals surface area contributed by atoms with Gasteiger partial charge >= 0.3 is 5.97 Å². The number of ether oxygens (including phenoxy) is 1. The maximum Gasteiger partial charge on any atom is 0.304 e. The molecule has 0 heterocycles. The van der Waals surface area contributed by atoms with E-state index in [-0.39, 0.29) is 0 Å². The van der Waals surface area contributed by atoms with Crippen molar-refractivity contribution >= 4 is 5.97 Å². The SMILES string of the molecule is C=CCCCCC/C=C\[C@@H](C#CC#C[C@@H](O)C=C)OC(C)=O. The minimum atomic E-state index is -0.896. The lowest BCUT2D eigenvalue weighted by atomic mass is 10.1. The summed E-state index contributed by atoms with van der Waals surface area (Å²) in [5, 5.41) is 9.17. The number of hydrogen-bond donors (Lipinski definition) is 1. The maximum atomic E-state index is 11.0. The molecule has 3 heteroatoms. The number of hydrogen-bond acceptors (Lipinski definition) is 3.